The first kappa shape index (κ1) is 3.14. The number of nitrogens with zero attached hydrogens (tertiary/aromatic N) is 2. The van der Waals surface area contributed by atoms with Crippen molar-refractivity contribution in [3.63, 3.8) is 0 Å². The maximum Gasteiger partial charge on any atom is 0.172 e. The molecule has 0 aromatic carbocycles. The molecule has 32 valence electrons. The van der Waals surface area contributed by atoms with E-state index in [-0.39, 0.29) is 0 Å². The number of rotatable bonds is 0. The minimum Gasteiger partial charge on any atom is -0.223 e. The third-order valence-electron chi connectivity index (χ3n) is 0.393. The van der Waals surface area contributed by atoms with Gasteiger partial charge in [-0.25, -0.2) is 4.52 Å². The van der Waals surface area contributed by atoms with Crippen molar-refractivity contribution < 1.29 is 9.49 Å². The molecule has 0 radical (unpaired) electrons. The normalized spacial score (nSPS) is 8.67. The van der Waals surface area contributed by atoms with Gasteiger partial charge in [-0.3, -0.25) is 0 Å². The number of hydrogen-bond donors (Lipinski definition) is 0. The molecule has 1 heterocycles. The standard InChI is InChI=1S/C2H3N3O/c3-5-4-1-2-6-5/h1-3H. The van der Waals surface area contributed by atoms with Crippen LogP contribution in [0.15, 0.2) is 17.0 Å². The Kier molecular flexibility index (Phi) is 0.506. The number of hydrogen-bond acceptors (Lipinski definition) is 2. The minimum atomic E-state index is 0.625. The molecule has 6 heavy (non-hydrogen) atoms. The highest BCUT2D eigenvalue weighted by molar-refractivity contribution is 4.46. The van der Waals surface area contributed by atoms with Gasteiger partial charge < -0.3 is 0 Å². The molecule has 1 aromatic rings. The SMILES string of the molecule is [NH-][n+]1ncco1. The molecule has 0 bridgehead atoms. The van der Waals surface area contributed by atoms with E-state index in [1.54, 1.807) is 0 Å². The summed E-state index contributed by atoms with van der Waals surface area (Å²) in [5.41, 5.74) is 0. The fourth-order valence-electron chi connectivity index (χ4n) is 0.200. The van der Waals surface area contributed by atoms with E-state index < -0.39 is 0 Å². The van der Waals surface area contributed by atoms with Gasteiger partial charge in [0.15, 0.2) is 6.26 Å². The van der Waals surface area contributed by atoms with Crippen LogP contribution in [0.25, 0.3) is 5.84 Å². The highest BCUT2D eigenvalue weighted by Gasteiger charge is 1.76. The van der Waals surface area contributed by atoms with E-state index >= 15 is 0 Å². The Balaban J connectivity index is 3.05. The zero-order valence-corrected chi connectivity index (χ0v) is 2.96. The van der Waals surface area contributed by atoms with Gasteiger partial charge in [0.1, 0.15) is 0 Å². The van der Waals surface area contributed by atoms with Crippen molar-refractivity contribution in [2.75, 3.05) is 0 Å². The Morgan fingerprint density at radius 1 is 1.83 bits per heavy atom. The predicted molar refractivity (Wildman–Crippen MR) is 16.4 cm³/mol. The van der Waals surface area contributed by atoms with E-state index in [2.05, 4.69) is 9.62 Å². The molecule has 0 saturated heterocycles. The predicted octanol–water partition coefficient (Wildman–Crippen LogP) is -0.223. The van der Waals surface area contributed by atoms with Gasteiger partial charge in [-0.1, -0.05) is 0 Å². The fourth-order valence-corrected chi connectivity index (χ4v) is 0.200. The highest BCUT2D eigenvalue weighted by atomic mass is 16.5. The first-order chi connectivity index (χ1) is 2.89. The van der Waals surface area contributed by atoms with Crippen molar-refractivity contribution >= 4 is 0 Å². The lowest BCUT2D eigenvalue weighted by Gasteiger charge is -1.68. The summed E-state index contributed by atoms with van der Waals surface area (Å²) in [6.07, 6.45) is 2.72. The van der Waals surface area contributed by atoms with Crippen molar-refractivity contribution in [2.45, 2.75) is 0 Å². The number of nitrogens with one attached hydrogen (secondary N) is 1. The molecule has 0 aliphatic heterocycles. The third-order valence-corrected chi connectivity index (χ3v) is 0.393. The highest BCUT2D eigenvalue weighted by Crippen LogP contribution is 1.64. The van der Waals surface area contributed by atoms with Crippen LogP contribution in [0, 0.1) is 0 Å². The summed E-state index contributed by atoms with van der Waals surface area (Å²) in [6, 6.07) is 0. The van der Waals surface area contributed by atoms with E-state index in [0.717, 1.165) is 0 Å². The molecule has 0 aliphatic carbocycles. The quantitative estimate of drug-likeness (QED) is 0.409. The molecule has 4 nitrogen and oxygen atoms in total. The molecule has 1 N–H and O–H groups in total. The van der Waals surface area contributed by atoms with Gasteiger partial charge in [0.2, 0.25) is 0 Å². The van der Waals surface area contributed by atoms with Gasteiger partial charge >= 0.3 is 0 Å². The van der Waals surface area contributed by atoms with Crippen LogP contribution < -0.4 is 4.96 Å². The molecule has 0 fully saturated rings. The van der Waals surface area contributed by atoms with Crippen LogP contribution in [0.1, 0.15) is 0 Å². The lowest BCUT2D eigenvalue weighted by atomic mass is 11.0. The second-order valence-corrected chi connectivity index (χ2v) is 0.779. The summed E-state index contributed by atoms with van der Waals surface area (Å²) in [4.78, 5) is 0.625. The maximum atomic E-state index is 6.51. The first-order valence-corrected chi connectivity index (χ1v) is 1.43. The average Bonchev–Trinajstić information content (AvgIpc) is 1.86. The maximum absolute atomic E-state index is 6.51. The summed E-state index contributed by atoms with van der Waals surface area (Å²) in [6.45, 7) is 0. The van der Waals surface area contributed by atoms with Crippen molar-refractivity contribution in [3.05, 3.63) is 18.3 Å². The largest absolute Gasteiger partial charge is 0.223 e. The molecule has 0 amide bonds. The van der Waals surface area contributed by atoms with Crippen LogP contribution in [0.4, 0.5) is 0 Å². The Labute approximate surface area is 34.1 Å². The summed E-state index contributed by atoms with van der Waals surface area (Å²) in [7, 11) is 0. The smallest absolute Gasteiger partial charge is 0.172 e. The van der Waals surface area contributed by atoms with Crippen LogP contribution in [0.2, 0.25) is 0 Å². The van der Waals surface area contributed by atoms with Gasteiger partial charge in [-0.05, 0) is 0 Å². The Bertz CT molecular complexity index is 112. The molecule has 1 aromatic heterocycles. The molecular formula is C2H3N3O. The van der Waals surface area contributed by atoms with E-state index in [1.807, 2.05) is 0 Å². The monoisotopic (exact) mass is 85.0 g/mol. The van der Waals surface area contributed by atoms with Crippen molar-refractivity contribution in [3.8, 4) is 0 Å². The number of aromatic nitrogens is 2. The summed E-state index contributed by atoms with van der Waals surface area (Å²) in [5.74, 6) is 6.51. The second kappa shape index (κ2) is 0.965. The van der Waals surface area contributed by atoms with Crippen molar-refractivity contribution in [2.24, 2.45) is 0 Å². The van der Waals surface area contributed by atoms with Crippen LogP contribution >= 0.6 is 0 Å². The van der Waals surface area contributed by atoms with Gasteiger partial charge in [-0.15, -0.1) is 5.10 Å². The second-order valence-electron chi connectivity index (χ2n) is 0.779. The summed E-state index contributed by atoms with van der Waals surface area (Å²) < 4.78 is 4.31. The van der Waals surface area contributed by atoms with E-state index in [1.165, 1.54) is 12.5 Å². The molecule has 0 unspecified atom stereocenters. The van der Waals surface area contributed by atoms with Crippen LogP contribution in [0.5, 0.6) is 0 Å². The minimum absolute atomic E-state index is 0.625. The molecule has 0 aliphatic rings. The summed E-state index contributed by atoms with van der Waals surface area (Å²) >= 11 is 0. The average molecular weight is 85.1 g/mol. The van der Waals surface area contributed by atoms with E-state index in [9.17, 15) is 0 Å². The molecule has 0 spiro atoms. The molecule has 4 heteroatoms. The van der Waals surface area contributed by atoms with Gasteiger partial charge in [0.25, 0.3) is 0 Å². The van der Waals surface area contributed by atoms with Crippen molar-refractivity contribution in [1.29, 1.82) is 0 Å². The Morgan fingerprint density at radius 3 is 2.83 bits per heavy atom. The van der Waals surface area contributed by atoms with E-state index in [0.29, 0.717) is 4.96 Å². The molecule has 0 saturated carbocycles. The lowest BCUT2D eigenvalue weighted by Crippen LogP contribution is -2.22. The van der Waals surface area contributed by atoms with Gasteiger partial charge in [0.05, 0.1) is 4.96 Å². The molecule has 0 atom stereocenters. The first-order valence-electron chi connectivity index (χ1n) is 1.43. The molecule has 1 rings (SSSR count). The topological polar surface area (TPSA) is 53.7 Å². The third kappa shape index (κ3) is 0.314. The van der Waals surface area contributed by atoms with Crippen LogP contribution in [0.3, 0.4) is 0 Å². The van der Waals surface area contributed by atoms with Crippen LogP contribution in [-0.2, 0) is 0 Å². The lowest BCUT2D eigenvalue weighted by molar-refractivity contribution is -0.841. The van der Waals surface area contributed by atoms with Crippen molar-refractivity contribution in [1.82, 2.24) is 5.10 Å². The molecular weight excluding hydrogens is 82.0 g/mol. The van der Waals surface area contributed by atoms with Gasteiger partial charge in [-0.2, -0.15) is 5.84 Å². The Hall–Kier alpha value is -1.06. The van der Waals surface area contributed by atoms with Crippen LogP contribution in [-0.4, -0.2) is 5.10 Å². The van der Waals surface area contributed by atoms with E-state index in [4.69, 9.17) is 5.84 Å². The van der Waals surface area contributed by atoms with Gasteiger partial charge in [0, 0.05) is 6.20 Å². The Morgan fingerprint density at radius 2 is 2.67 bits per heavy atom. The zero-order valence-electron chi connectivity index (χ0n) is 2.96. The summed E-state index contributed by atoms with van der Waals surface area (Å²) in [5, 5.41) is 3.33. The fraction of sp³-hybridized carbons (Fsp3) is 0. The zero-order chi connectivity index (χ0) is 4.41.